The summed E-state index contributed by atoms with van der Waals surface area (Å²) >= 11 is 3.97. The molecule has 2 atom stereocenters. The molecule has 140 valence electrons. The molecule has 2 unspecified atom stereocenters. The summed E-state index contributed by atoms with van der Waals surface area (Å²) < 4.78 is 5.61. The van der Waals surface area contributed by atoms with Crippen molar-refractivity contribution in [2.24, 2.45) is 17.3 Å². The van der Waals surface area contributed by atoms with E-state index in [9.17, 15) is 9.59 Å². The maximum Gasteiger partial charge on any atom is 0.306 e. The van der Waals surface area contributed by atoms with Crippen LogP contribution in [-0.4, -0.2) is 40.8 Å². The summed E-state index contributed by atoms with van der Waals surface area (Å²) in [6, 6.07) is 0. The van der Waals surface area contributed by atoms with Crippen molar-refractivity contribution in [2.75, 3.05) is 19.7 Å². The molecule has 0 heterocycles. The minimum Gasteiger partial charge on any atom is -0.456 e. The molecule has 25 heavy (non-hydrogen) atoms. The highest BCUT2D eigenvalue weighted by atomic mass is 79.9. The second-order valence-corrected chi connectivity index (χ2v) is 10.5. The van der Waals surface area contributed by atoms with Crippen LogP contribution >= 0.6 is 15.9 Å². The Hall–Kier alpha value is -0.840. The van der Waals surface area contributed by atoms with Gasteiger partial charge in [-0.3, -0.25) is 9.59 Å². The van der Waals surface area contributed by atoms with E-state index >= 15 is 0 Å². The molecular weight excluding hydrogens is 382 g/mol. The van der Waals surface area contributed by atoms with Gasteiger partial charge in [0, 0.05) is 17.4 Å². The molecule has 1 amide bonds. The maximum atomic E-state index is 12.4. The maximum absolute atomic E-state index is 12.4. The first-order chi connectivity index (χ1) is 11.7. The third-order valence-electron chi connectivity index (χ3n) is 6.18. The molecule has 5 heteroatoms. The Bertz CT molecular complexity index is 559. The van der Waals surface area contributed by atoms with Crippen molar-refractivity contribution in [1.82, 2.24) is 4.90 Å². The van der Waals surface area contributed by atoms with E-state index in [1.807, 2.05) is 13.8 Å². The monoisotopic (exact) mass is 411 g/mol. The minimum atomic E-state index is -0.210. The van der Waals surface area contributed by atoms with Crippen molar-refractivity contribution in [3.63, 3.8) is 0 Å². The van der Waals surface area contributed by atoms with Crippen molar-refractivity contribution < 1.29 is 14.3 Å². The van der Waals surface area contributed by atoms with Crippen LogP contribution in [0.1, 0.15) is 58.8 Å². The second-order valence-electron chi connectivity index (χ2n) is 8.81. The lowest BCUT2D eigenvalue weighted by Gasteiger charge is -2.60. The minimum absolute atomic E-state index is 0.0931. The average molecular weight is 412 g/mol. The highest BCUT2D eigenvalue weighted by Crippen LogP contribution is 2.65. The van der Waals surface area contributed by atoms with E-state index in [1.54, 1.807) is 4.90 Å². The first kappa shape index (κ1) is 18.9. The Balaban J connectivity index is 1.53. The lowest BCUT2D eigenvalue weighted by atomic mass is 9.49. The van der Waals surface area contributed by atoms with Gasteiger partial charge in [-0.1, -0.05) is 28.1 Å². The van der Waals surface area contributed by atoms with E-state index in [2.05, 4.69) is 22.5 Å². The number of likely N-dealkylation sites (N-methyl/N-ethyl adjacent to an activating group) is 1. The van der Waals surface area contributed by atoms with E-state index in [0.717, 1.165) is 36.7 Å². The van der Waals surface area contributed by atoms with Gasteiger partial charge in [-0.05, 0) is 69.6 Å². The number of ether oxygens (including phenoxy) is 1. The zero-order chi connectivity index (χ0) is 18.2. The number of rotatable bonds is 7. The van der Waals surface area contributed by atoms with Crippen molar-refractivity contribution in [3.05, 3.63) is 12.2 Å². The lowest BCUT2D eigenvalue weighted by molar-refractivity contribution is -0.157. The molecule has 0 aromatic rings. The number of halogens is 1. The van der Waals surface area contributed by atoms with Crippen molar-refractivity contribution in [3.8, 4) is 0 Å². The summed E-state index contributed by atoms with van der Waals surface area (Å²) in [6.07, 6.45) is 7.68. The third kappa shape index (κ3) is 4.29. The molecule has 4 saturated carbocycles. The zero-order valence-electron chi connectivity index (χ0n) is 15.5. The number of hydrogen-bond acceptors (Lipinski definition) is 3. The molecule has 4 bridgehead atoms. The number of hydrogen-bond donors (Lipinski definition) is 0. The molecule has 4 fully saturated rings. The van der Waals surface area contributed by atoms with Gasteiger partial charge in [0.1, 0.15) is 0 Å². The summed E-state index contributed by atoms with van der Waals surface area (Å²) in [5, 5.41) is 0. The molecule has 4 aliphatic rings. The van der Waals surface area contributed by atoms with Gasteiger partial charge in [0.25, 0.3) is 5.91 Å². The topological polar surface area (TPSA) is 46.6 Å². The summed E-state index contributed by atoms with van der Waals surface area (Å²) in [7, 11) is 0. The molecule has 0 radical (unpaired) electrons. The SMILES string of the molecule is C=C(C)CN(CC)C(=O)COC(=O)CC12CC3CC(CC(Br)(C3)C1)C2. The number of carbonyl (C=O) groups excluding carboxylic acids is 2. The quantitative estimate of drug-likeness (QED) is 0.360. The fraction of sp³-hybridized carbons (Fsp3) is 0.800. The Morgan fingerprint density at radius 3 is 2.40 bits per heavy atom. The lowest BCUT2D eigenvalue weighted by Crippen LogP contribution is -2.53. The summed E-state index contributed by atoms with van der Waals surface area (Å²) in [6.45, 7) is 8.63. The van der Waals surface area contributed by atoms with Crippen LogP contribution in [0.5, 0.6) is 0 Å². The van der Waals surface area contributed by atoms with Crippen molar-refractivity contribution >= 4 is 27.8 Å². The molecule has 0 aromatic carbocycles. The Morgan fingerprint density at radius 2 is 1.88 bits per heavy atom. The van der Waals surface area contributed by atoms with Crippen molar-refractivity contribution in [2.45, 2.75) is 63.1 Å². The summed E-state index contributed by atoms with van der Waals surface area (Å²) in [4.78, 5) is 26.3. The number of amides is 1. The molecule has 4 nitrogen and oxygen atoms in total. The van der Waals surface area contributed by atoms with Crippen LogP contribution in [0.15, 0.2) is 12.2 Å². The molecule has 4 aliphatic carbocycles. The zero-order valence-corrected chi connectivity index (χ0v) is 17.1. The van der Waals surface area contributed by atoms with Gasteiger partial charge in [-0.25, -0.2) is 0 Å². The van der Waals surface area contributed by atoms with Gasteiger partial charge in [0.05, 0.1) is 6.42 Å². The van der Waals surface area contributed by atoms with E-state index in [-0.39, 0.29) is 28.2 Å². The summed E-state index contributed by atoms with van der Waals surface area (Å²) in [5.41, 5.74) is 1.02. The van der Waals surface area contributed by atoms with Gasteiger partial charge < -0.3 is 9.64 Å². The number of nitrogens with zero attached hydrogens (tertiary/aromatic N) is 1. The molecule has 0 aromatic heterocycles. The van der Waals surface area contributed by atoms with Gasteiger partial charge in [-0.2, -0.15) is 0 Å². The first-order valence-corrected chi connectivity index (χ1v) is 10.3. The predicted octanol–water partition coefficient (Wildman–Crippen LogP) is 4.08. The van der Waals surface area contributed by atoms with Crippen LogP contribution in [0.4, 0.5) is 0 Å². The Morgan fingerprint density at radius 1 is 1.24 bits per heavy atom. The van der Waals surface area contributed by atoms with Gasteiger partial charge in [-0.15, -0.1) is 0 Å². The highest BCUT2D eigenvalue weighted by molar-refractivity contribution is 9.10. The van der Waals surface area contributed by atoms with E-state index < -0.39 is 0 Å². The smallest absolute Gasteiger partial charge is 0.306 e. The standard InChI is InChI=1S/C20H30BrNO3/c1-4-22(11-14(2)3)17(23)12-25-18(24)10-19-6-15-5-16(7-19)9-20(21,8-15)13-19/h15-16H,2,4-13H2,1,3H3. The number of carbonyl (C=O) groups is 2. The normalized spacial score (nSPS) is 35.5. The molecule has 0 N–H and O–H groups in total. The predicted molar refractivity (Wildman–Crippen MR) is 101 cm³/mol. The van der Waals surface area contributed by atoms with Gasteiger partial charge >= 0.3 is 5.97 Å². The van der Waals surface area contributed by atoms with E-state index in [1.165, 1.54) is 19.3 Å². The summed E-state index contributed by atoms with van der Waals surface area (Å²) in [5.74, 6) is 1.15. The number of esters is 1. The second kappa shape index (κ2) is 7.05. The molecule has 4 rings (SSSR count). The van der Waals surface area contributed by atoms with E-state index in [4.69, 9.17) is 4.74 Å². The fourth-order valence-corrected chi connectivity index (χ4v) is 7.35. The van der Waals surface area contributed by atoms with E-state index in [0.29, 0.717) is 19.5 Å². The Kier molecular flexibility index (Phi) is 5.34. The highest BCUT2D eigenvalue weighted by Gasteiger charge is 2.57. The molecular formula is C20H30BrNO3. The Labute approximate surface area is 159 Å². The van der Waals surface area contributed by atoms with Crippen LogP contribution in [-0.2, 0) is 14.3 Å². The molecule has 0 aliphatic heterocycles. The number of alkyl halides is 1. The van der Waals surface area contributed by atoms with Crippen molar-refractivity contribution in [1.29, 1.82) is 0 Å². The average Bonchev–Trinajstić information content (AvgIpc) is 2.47. The van der Waals surface area contributed by atoms with Crippen LogP contribution in [0.25, 0.3) is 0 Å². The first-order valence-electron chi connectivity index (χ1n) is 9.49. The fourth-order valence-electron chi connectivity index (χ4n) is 5.84. The van der Waals surface area contributed by atoms with Crippen LogP contribution in [0.2, 0.25) is 0 Å². The third-order valence-corrected chi connectivity index (χ3v) is 7.11. The van der Waals surface area contributed by atoms with Crippen LogP contribution in [0, 0.1) is 17.3 Å². The van der Waals surface area contributed by atoms with Crippen LogP contribution < -0.4 is 0 Å². The van der Waals surface area contributed by atoms with Gasteiger partial charge in [0.15, 0.2) is 6.61 Å². The largest absolute Gasteiger partial charge is 0.456 e. The molecule has 0 spiro atoms. The van der Waals surface area contributed by atoms with Gasteiger partial charge in [0.2, 0.25) is 0 Å². The van der Waals surface area contributed by atoms with Crippen LogP contribution in [0.3, 0.4) is 0 Å². The molecule has 0 saturated heterocycles.